The van der Waals surface area contributed by atoms with Crippen LogP contribution in [0.15, 0.2) is 22.9 Å². The molecule has 3 atom stereocenters. The highest BCUT2D eigenvalue weighted by Crippen LogP contribution is 2.26. The van der Waals surface area contributed by atoms with Gasteiger partial charge in [0.15, 0.2) is 5.65 Å². The van der Waals surface area contributed by atoms with E-state index in [-0.39, 0.29) is 10.8 Å². The molecule has 0 spiro atoms. The van der Waals surface area contributed by atoms with Gasteiger partial charge in [-0.25, -0.2) is 18.3 Å². The van der Waals surface area contributed by atoms with Crippen molar-refractivity contribution in [1.82, 2.24) is 14.1 Å². The fourth-order valence-electron chi connectivity index (χ4n) is 1.92. The molecule has 0 saturated heterocycles. The Morgan fingerprint density at radius 2 is 2.00 bits per heavy atom. The van der Waals surface area contributed by atoms with Gasteiger partial charge in [0.2, 0.25) is 0 Å². The number of halogens is 2. The number of alkyl halides is 1. The van der Waals surface area contributed by atoms with Crippen LogP contribution in [0.4, 0.5) is 4.39 Å². The average molecular weight is 390 g/mol. The van der Waals surface area contributed by atoms with Crippen LogP contribution in [0.2, 0.25) is 0 Å². The zero-order chi connectivity index (χ0) is 16.7. The highest BCUT2D eigenvalue weighted by Gasteiger charge is 2.23. The smallest absolute Gasteiger partial charge is 0.151 e. The van der Waals surface area contributed by atoms with Crippen molar-refractivity contribution in [2.75, 3.05) is 0 Å². The predicted molar refractivity (Wildman–Crippen MR) is 91.9 cm³/mol. The molecule has 0 aliphatic carbocycles. The minimum Gasteiger partial charge on any atom is -0.305 e. The summed E-state index contributed by atoms with van der Waals surface area (Å²) in [6.45, 7) is 9.16. The van der Waals surface area contributed by atoms with Crippen LogP contribution in [0, 0.1) is 0 Å². The second kappa shape index (κ2) is 6.37. The number of nitrogens with zero attached hydrogens (tertiary/aromatic N) is 2. The molecule has 1 N–H and O–H groups in total. The van der Waals surface area contributed by atoms with Crippen LogP contribution in [-0.4, -0.2) is 18.3 Å². The monoisotopic (exact) mass is 389 g/mol. The molecule has 2 heterocycles. The molecule has 0 aliphatic heterocycles. The molecule has 2 aromatic heterocycles. The predicted octanol–water partition coefficient (Wildman–Crippen LogP) is 4.24. The number of pyridine rings is 1. The Morgan fingerprint density at radius 3 is 2.55 bits per heavy atom. The van der Waals surface area contributed by atoms with E-state index < -0.39 is 17.2 Å². The quantitative estimate of drug-likeness (QED) is 0.849. The third-order valence-electron chi connectivity index (χ3n) is 3.29. The summed E-state index contributed by atoms with van der Waals surface area (Å²) in [6.07, 6.45) is 2.52. The van der Waals surface area contributed by atoms with E-state index >= 15 is 0 Å². The highest BCUT2D eigenvalue weighted by atomic mass is 79.9. The summed E-state index contributed by atoms with van der Waals surface area (Å²) in [5, 5.41) is 0. The minimum absolute atomic E-state index is 0.168. The van der Waals surface area contributed by atoms with Crippen LogP contribution in [0.5, 0.6) is 0 Å². The van der Waals surface area contributed by atoms with Gasteiger partial charge in [-0.1, -0.05) is 0 Å². The summed E-state index contributed by atoms with van der Waals surface area (Å²) < 4.78 is 30.9. The Labute approximate surface area is 141 Å². The number of aromatic nitrogens is 2. The van der Waals surface area contributed by atoms with E-state index in [1.54, 1.807) is 16.7 Å². The summed E-state index contributed by atoms with van der Waals surface area (Å²) in [6, 6.07) is 1.57. The van der Waals surface area contributed by atoms with Crippen molar-refractivity contribution in [3.05, 3.63) is 34.2 Å². The van der Waals surface area contributed by atoms with Gasteiger partial charge in [0.1, 0.15) is 6.17 Å². The van der Waals surface area contributed by atoms with Crippen LogP contribution in [-0.2, 0) is 11.0 Å². The molecule has 2 unspecified atom stereocenters. The summed E-state index contributed by atoms with van der Waals surface area (Å²) >= 11 is 3.43. The maximum Gasteiger partial charge on any atom is 0.151 e. The van der Waals surface area contributed by atoms with Crippen molar-refractivity contribution in [2.45, 2.75) is 51.6 Å². The molecule has 0 aliphatic rings. The van der Waals surface area contributed by atoms with Gasteiger partial charge in [-0.3, -0.25) is 0 Å². The molecule has 0 bridgehead atoms. The normalized spacial score (nSPS) is 16.7. The fourth-order valence-corrected chi connectivity index (χ4v) is 3.27. The molecular formula is C15H21BrFN3OS. The van der Waals surface area contributed by atoms with Crippen LogP contribution in [0.3, 0.4) is 0 Å². The van der Waals surface area contributed by atoms with Crippen LogP contribution >= 0.6 is 15.9 Å². The molecule has 2 aromatic rings. The van der Waals surface area contributed by atoms with Gasteiger partial charge in [-0.05, 0) is 56.6 Å². The molecule has 2 rings (SSSR count). The Morgan fingerprint density at radius 1 is 1.36 bits per heavy atom. The molecule has 0 radical (unpaired) electrons. The number of hydrogen-bond acceptors (Lipinski definition) is 2. The van der Waals surface area contributed by atoms with Gasteiger partial charge in [0.25, 0.3) is 0 Å². The first-order valence-electron chi connectivity index (χ1n) is 7.09. The van der Waals surface area contributed by atoms with Crippen LogP contribution < -0.4 is 4.72 Å². The Kier molecular flexibility index (Phi) is 5.09. The van der Waals surface area contributed by atoms with Gasteiger partial charge in [-0.2, -0.15) is 0 Å². The summed E-state index contributed by atoms with van der Waals surface area (Å²) in [5.41, 5.74) is 2.07. The van der Waals surface area contributed by atoms with Gasteiger partial charge >= 0.3 is 0 Å². The molecule has 7 heteroatoms. The lowest BCUT2D eigenvalue weighted by atomic mass is 10.2. The first-order chi connectivity index (χ1) is 10.1. The molecular weight excluding hydrogens is 369 g/mol. The standard InChI is InChI=1S/C15H21BrFN3OS/c1-9(17)11-6-12(16)14-18-13(8-20(14)7-11)10(2)19-22(21)15(3,4)5/h6-10,19H,1-5H3/t9?,10-,22?/m1/s1. The maximum absolute atomic E-state index is 13.5. The Hall–Kier alpha value is -0.790. The van der Waals surface area contributed by atoms with Crippen molar-refractivity contribution in [2.24, 2.45) is 0 Å². The SMILES string of the molecule is CC(F)c1cc(Br)c2nc([C@@H](C)NS(=O)C(C)(C)C)cn2c1. The summed E-state index contributed by atoms with van der Waals surface area (Å²) in [4.78, 5) is 4.54. The molecule has 0 fully saturated rings. The molecule has 4 nitrogen and oxygen atoms in total. The second-order valence-corrected chi connectivity index (χ2v) is 9.21. The Balaban J connectivity index is 2.33. The lowest BCUT2D eigenvalue weighted by Crippen LogP contribution is -2.34. The van der Waals surface area contributed by atoms with Crippen molar-refractivity contribution < 1.29 is 8.60 Å². The van der Waals surface area contributed by atoms with Crippen molar-refractivity contribution in [3.63, 3.8) is 0 Å². The molecule has 22 heavy (non-hydrogen) atoms. The Bertz CT molecular complexity index is 709. The van der Waals surface area contributed by atoms with E-state index in [1.165, 1.54) is 6.92 Å². The van der Waals surface area contributed by atoms with Crippen molar-refractivity contribution >= 4 is 32.6 Å². The fraction of sp³-hybridized carbons (Fsp3) is 0.533. The molecule has 122 valence electrons. The number of fused-ring (bicyclic) bond motifs is 1. The highest BCUT2D eigenvalue weighted by molar-refractivity contribution is 9.10. The topological polar surface area (TPSA) is 46.4 Å². The van der Waals surface area contributed by atoms with Crippen LogP contribution in [0.1, 0.15) is 58.1 Å². The van der Waals surface area contributed by atoms with Gasteiger partial charge < -0.3 is 4.40 Å². The zero-order valence-electron chi connectivity index (χ0n) is 13.4. The van der Waals surface area contributed by atoms with Gasteiger partial charge in [-0.15, -0.1) is 0 Å². The van der Waals surface area contributed by atoms with Crippen LogP contribution in [0.25, 0.3) is 5.65 Å². The minimum atomic E-state index is -1.18. The number of rotatable bonds is 4. The van der Waals surface area contributed by atoms with Crippen molar-refractivity contribution in [3.8, 4) is 0 Å². The summed E-state index contributed by atoms with van der Waals surface area (Å²) in [5.74, 6) is 0. The number of hydrogen-bond donors (Lipinski definition) is 1. The maximum atomic E-state index is 13.5. The third kappa shape index (κ3) is 3.75. The van der Waals surface area contributed by atoms with E-state index in [2.05, 4.69) is 25.6 Å². The van der Waals surface area contributed by atoms with Gasteiger partial charge in [0, 0.05) is 18.0 Å². The zero-order valence-corrected chi connectivity index (χ0v) is 15.8. The second-order valence-electron chi connectivity index (χ2n) is 6.35. The molecule has 0 saturated carbocycles. The lowest BCUT2D eigenvalue weighted by molar-refractivity contribution is 0.373. The van der Waals surface area contributed by atoms with Crippen molar-refractivity contribution in [1.29, 1.82) is 0 Å². The number of imidazole rings is 1. The lowest BCUT2D eigenvalue weighted by Gasteiger charge is -2.20. The largest absolute Gasteiger partial charge is 0.305 e. The van der Waals surface area contributed by atoms with E-state index in [0.717, 1.165) is 15.8 Å². The third-order valence-corrected chi connectivity index (χ3v) is 5.55. The van der Waals surface area contributed by atoms with E-state index in [0.29, 0.717) is 5.56 Å². The van der Waals surface area contributed by atoms with E-state index in [9.17, 15) is 8.60 Å². The first kappa shape index (κ1) is 17.6. The molecule has 0 amide bonds. The average Bonchev–Trinajstić information content (AvgIpc) is 2.81. The van der Waals surface area contributed by atoms with Gasteiger partial charge in [0.05, 0.1) is 31.9 Å². The van der Waals surface area contributed by atoms with E-state index in [4.69, 9.17) is 0 Å². The summed E-state index contributed by atoms with van der Waals surface area (Å²) in [7, 11) is -1.18. The first-order valence-corrected chi connectivity index (χ1v) is 9.04. The van der Waals surface area contributed by atoms with E-state index in [1.807, 2.05) is 33.9 Å². The number of nitrogens with one attached hydrogen (secondary N) is 1. The molecule has 0 aromatic carbocycles.